The second-order valence-electron chi connectivity index (χ2n) is 6.63. The van der Waals surface area contributed by atoms with Crippen molar-refractivity contribution in [3.63, 3.8) is 0 Å². The fraction of sp³-hybridized carbons (Fsp3) is 0.174. The van der Waals surface area contributed by atoms with E-state index in [9.17, 15) is 5.26 Å². The highest BCUT2D eigenvalue weighted by molar-refractivity contribution is 5.72. The number of aryl methyl sites for hydroxylation is 2. The van der Waals surface area contributed by atoms with Gasteiger partial charge >= 0.3 is 0 Å². The van der Waals surface area contributed by atoms with Gasteiger partial charge in [-0.3, -0.25) is 4.98 Å². The topological polar surface area (TPSA) is 84.2 Å². The fourth-order valence-electron chi connectivity index (χ4n) is 3.26. The minimum absolute atomic E-state index is 0.488. The van der Waals surface area contributed by atoms with E-state index in [0.29, 0.717) is 22.6 Å². The van der Waals surface area contributed by atoms with Crippen LogP contribution in [0.3, 0.4) is 0 Å². The first-order valence-corrected chi connectivity index (χ1v) is 9.81. The number of aromatic nitrogens is 6. The van der Waals surface area contributed by atoms with Crippen LogP contribution in [-0.4, -0.2) is 29.0 Å². The van der Waals surface area contributed by atoms with Gasteiger partial charge in [-0.15, -0.1) is 5.10 Å². The van der Waals surface area contributed by atoms with E-state index in [0.717, 1.165) is 28.3 Å². The maximum atomic E-state index is 9.69. The summed E-state index contributed by atoms with van der Waals surface area (Å²) < 4.78 is 3.61. The summed E-state index contributed by atoms with van der Waals surface area (Å²) >= 11 is 0. The standard InChI is InChI=1S/C21H15N7.C2H6/c1-13-10-23-14(2)21-25-20(26-28(13)21)17-8-19-24-18(15-6-4-3-5-7-15)12-27(19)11-16(17)9-22;1-2/h3-8,10-12H,1-2H3;1-2H3. The number of nitriles is 1. The number of fused-ring (bicyclic) bond motifs is 2. The summed E-state index contributed by atoms with van der Waals surface area (Å²) in [6.07, 6.45) is 5.45. The molecule has 0 spiro atoms. The van der Waals surface area contributed by atoms with Crippen LogP contribution >= 0.6 is 0 Å². The number of pyridine rings is 1. The van der Waals surface area contributed by atoms with Crippen LogP contribution in [0.2, 0.25) is 0 Å². The van der Waals surface area contributed by atoms with Crippen molar-refractivity contribution >= 4 is 11.3 Å². The number of nitrogens with zero attached hydrogens (tertiary/aromatic N) is 7. The quantitative estimate of drug-likeness (QED) is 0.435. The number of hydrogen-bond acceptors (Lipinski definition) is 5. The van der Waals surface area contributed by atoms with Crippen LogP contribution < -0.4 is 0 Å². The summed E-state index contributed by atoms with van der Waals surface area (Å²) in [7, 11) is 0. The van der Waals surface area contributed by atoms with Crippen LogP contribution in [0.25, 0.3) is 33.9 Å². The molecule has 0 saturated heterocycles. The molecule has 7 heteroatoms. The molecule has 0 unspecified atom stereocenters. The molecular formula is C23H21N7. The van der Waals surface area contributed by atoms with Crippen LogP contribution in [0.4, 0.5) is 0 Å². The van der Waals surface area contributed by atoms with Crippen molar-refractivity contribution in [1.29, 1.82) is 5.26 Å². The molecular weight excluding hydrogens is 374 g/mol. The molecule has 0 atom stereocenters. The molecule has 7 nitrogen and oxygen atoms in total. The van der Waals surface area contributed by atoms with Crippen LogP contribution in [0.1, 0.15) is 30.8 Å². The Hall–Kier alpha value is -4.05. The first-order valence-electron chi connectivity index (χ1n) is 9.81. The zero-order chi connectivity index (χ0) is 21.3. The molecule has 4 aromatic heterocycles. The molecule has 0 fully saturated rings. The predicted molar refractivity (Wildman–Crippen MR) is 116 cm³/mol. The monoisotopic (exact) mass is 395 g/mol. The van der Waals surface area contributed by atoms with E-state index in [2.05, 4.69) is 21.1 Å². The second kappa shape index (κ2) is 7.76. The SMILES string of the molecule is CC.Cc1ncc(C)n2nc(-c3cc4nc(-c5ccccc5)cn4cc3C#N)nc12. The highest BCUT2D eigenvalue weighted by Gasteiger charge is 2.16. The van der Waals surface area contributed by atoms with Crippen molar-refractivity contribution in [2.24, 2.45) is 0 Å². The summed E-state index contributed by atoms with van der Waals surface area (Å²) in [5.74, 6) is 0.488. The Morgan fingerprint density at radius 1 is 1.00 bits per heavy atom. The van der Waals surface area contributed by atoms with Gasteiger partial charge < -0.3 is 4.40 Å². The third-order valence-corrected chi connectivity index (χ3v) is 4.73. The Morgan fingerprint density at radius 3 is 2.47 bits per heavy atom. The average Bonchev–Trinajstić information content (AvgIpc) is 3.42. The van der Waals surface area contributed by atoms with E-state index in [1.807, 2.05) is 74.7 Å². The lowest BCUT2D eigenvalue weighted by molar-refractivity contribution is 0.890. The minimum Gasteiger partial charge on any atom is -0.305 e. The molecule has 0 radical (unpaired) electrons. The smallest absolute Gasteiger partial charge is 0.183 e. The molecule has 0 bridgehead atoms. The normalized spacial score (nSPS) is 10.6. The van der Waals surface area contributed by atoms with Gasteiger partial charge in [-0.2, -0.15) is 5.26 Å². The van der Waals surface area contributed by atoms with E-state index in [1.54, 1.807) is 16.9 Å². The highest BCUT2D eigenvalue weighted by Crippen LogP contribution is 2.26. The number of benzene rings is 1. The van der Waals surface area contributed by atoms with Gasteiger partial charge in [0.15, 0.2) is 11.5 Å². The Kier molecular flexibility index (Phi) is 4.98. The molecule has 5 rings (SSSR count). The third-order valence-electron chi connectivity index (χ3n) is 4.73. The summed E-state index contributed by atoms with van der Waals surface area (Å²) in [6.45, 7) is 7.81. The van der Waals surface area contributed by atoms with E-state index in [-0.39, 0.29) is 0 Å². The summed E-state index contributed by atoms with van der Waals surface area (Å²) in [4.78, 5) is 13.7. The van der Waals surface area contributed by atoms with Crippen molar-refractivity contribution in [2.75, 3.05) is 0 Å². The lowest BCUT2D eigenvalue weighted by atomic mass is 10.1. The minimum atomic E-state index is 0.488. The molecule has 0 aliphatic carbocycles. The van der Waals surface area contributed by atoms with Gasteiger partial charge in [-0.1, -0.05) is 44.2 Å². The molecule has 148 valence electrons. The van der Waals surface area contributed by atoms with Gasteiger partial charge in [0.05, 0.1) is 22.6 Å². The van der Waals surface area contributed by atoms with E-state index < -0.39 is 0 Å². The van der Waals surface area contributed by atoms with Crippen molar-refractivity contribution < 1.29 is 0 Å². The molecule has 0 aliphatic rings. The Morgan fingerprint density at radius 2 is 1.77 bits per heavy atom. The average molecular weight is 395 g/mol. The van der Waals surface area contributed by atoms with Crippen molar-refractivity contribution in [2.45, 2.75) is 27.7 Å². The van der Waals surface area contributed by atoms with Crippen molar-refractivity contribution in [3.8, 4) is 28.7 Å². The molecule has 5 aromatic rings. The van der Waals surface area contributed by atoms with Gasteiger partial charge in [0.1, 0.15) is 11.7 Å². The van der Waals surface area contributed by atoms with Crippen LogP contribution in [0, 0.1) is 25.2 Å². The largest absolute Gasteiger partial charge is 0.305 e. The fourth-order valence-corrected chi connectivity index (χ4v) is 3.26. The maximum Gasteiger partial charge on any atom is 0.183 e. The molecule has 1 aromatic carbocycles. The number of hydrogen-bond donors (Lipinski definition) is 0. The Bertz CT molecular complexity index is 1350. The Labute approximate surface area is 174 Å². The number of rotatable bonds is 2. The molecule has 0 saturated carbocycles. The van der Waals surface area contributed by atoms with Gasteiger partial charge in [-0.05, 0) is 19.9 Å². The second-order valence-corrected chi connectivity index (χ2v) is 6.63. The van der Waals surface area contributed by atoms with Gasteiger partial charge in [0.25, 0.3) is 0 Å². The first-order chi connectivity index (χ1) is 14.6. The van der Waals surface area contributed by atoms with Gasteiger partial charge in [0, 0.05) is 29.7 Å². The predicted octanol–water partition coefficient (Wildman–Crippen LogP) is 4.62. The van der Waals surface area contributed by atoms with Gasteiger partial charge in [-0.25, -0.2) is 14.5 Å². The lowest BCUT2D eigenvalue weighted by Crippen LogP contribution is -1.97. The summed E-state index contributed by atoms with van der Waals surface area (Å²) in [5, 5.41) is 14.3. The van der Waals surface area contributed by atoms with E-state index >= 15 is 0 Å². The first kappa shape index (κ1) is 19.3. The van der Waals surface area contributed by atoms with E-state index in [1.165, 1.54) is 0 Å². The molecule has 30 heavy (non-hydrogen) atoms. The summed E-state index contributed by atoms with van der Waals surface area (Å²) in [5.41, 5.74) is 6.11. The Balaban J connectivity index is 0.00000106. The van der Waals surface area contributed by atoms with Crippen molar-refractivity contribution in [1.82, 2.24) is 29.0 Å². The number of imidazole rings is 1. The lowest BCUT2D eigenvalue weighted by Gasteiger charge is -2.00. The third kappa shape index (κ3) is 3.18. The molecule has 0 N–H and O–H groups in total. The zero-order valence-electron chi connectivity index (χ0n) is 17.3. The molecule has 4 heterocycles. The zero-order valence-corrected chi connectivity index (χ0v) is 17.3. The van der Waals surface area contributed by atoms with Gasteiger partial charge in [0.2, 0.25) is 0 Å². The highest BCUT2D eigenvalue weighted by atomic mass is 15.3. The van der Waals surface area contributed by atoms with E-state index in [4.69, 9.17) is 4.98 Å². The van der Waals surface area contributed by atoms with Crippen LogP contribution in [0.15, 0.2) is 55.0 Å². The van der Waals surface area contributed by atoms with Crippen LogP contribution in [0.5, 0.6) is 0 Å². The summed E-state index contributed by atoms with van der Waals surface area (Å²) in [6, 6.07) is 14.1. The molecule has 0 amide bonds. The van der Waals surface area contributed by atoms with Crippen molar-refractivity contribution in [3.05, 3.63) is 71.9 Å². The van der Waals surface area contributed by atoms with Crippen LogP contribution in [-0.2, 0) is 0 Å². The molecule has 0 aliphatic heterocycles. The maximum absolute atomic E-state index is 9.69.